The molecule has 0 aliphatic carbocycles. The average Bonchev–Trinajstić information content (AvgIpc) is 2.84. The molecular formula is C13H17N5O2. The molecule has 0 aromatic carbocycles. The van der Waals surface area contributed by atoms with Gasteiger partial charge < -0.3 is 9.97 Å². The van der Waals surface area contributed by atoms with Crippen molar-refractivity contribution in [1.82, 2.24) is 24.4 Å². The van der Waals surface area contributed by atoms with Gasteiger partial charge in [-0.1, -0.05) is 0 Å². The summed E-state index contributed by atoms with van der Waals surface area (Å²) in [5.74, 6) is 0. The van der Waals surface area contributed by atoms with Gasteiger partial charge in [-0.15, -0.1) is 0 Å². The molecule has 3 rings (SSSR count). The van der Waals surface area contributed by atoms with Crippen LogP contribution < -0.4 is 11.2 Å². The van der Waals surface area contributed by atoms with E-state index in [-0.39, 0.29) is 11.2 Å². The number of imidazole rings is 1. The Morgan fingerprint density at radius 3 is 3.00 bits per heavy atom. The van der Waals surface area contributed by atoms with Gasteiger partial charge in [0.25, 0.3) is 5.56 Å². The Hall–Kier alpha value is -2.15. The van der Waals surface area contributed by atoms with Gasteiger partial charge in [-0.3, -0.25) is 14.3 Å². The van der Waals surface area contributed by atoms with Crippen molar-refractivity contribution in [3.8, 4) is 0 Å². The molecule has 0 radical (unpaired) electrons. The molecule has 0 saturated heterocycles. The smallest absolute Gasteiger partial charge is 0.328 e. The van der Waals surface area contributed by atoms with E-state index in [0.717, 1.165) is 30.9 Å². The highest BCUT2D eigenvalue weighted by Crippen LogP contribution is 2.14. The summed E-state index contributed by atoms with van der Waals surface area (Å²) in [7, 11) is 0. The molecule has 1 aliphatic rings. The summed E-state index contributed by atoms with van der Waals surface area (Å²) in [5.41, 5.74) is 2.25. The first kappa shape index (κ1) is 12.9. The summed E-state index contributed by atoms with van der Waals surface area (Å²) in [6.07, 6.45) is 2.61. The van der Waals surface area contributed by atoms with Crippen LogP contribution in [0.1, 0.15) is 17.1 Å². The van der Waals surface area contributed by atoms with Crippen LogP contribution in [-0.2, 0) is 19.5 Å². The lowest BCUT2D eigenvalue weighted by Gasteiger charge is -2.25. The van der Waals surface area contributed by atoms with Crippen LogP contribution in [0, 0.1) is 6.92 Å². The van der Waals surface area contributed by atoms with Crippen LogP contribution >= 0.6 is 0 Å². The van der Waals surface area contributed by atoms with E-state index in [0.29, 0.717) is 18.8 Å². The van der Waals surface area contributed by atoms with Gasteiger partial charge in [-0.05, 0) is 6.92 Å². The predicted molar refractivity (Wildman–Crippen MR) is 73.6 cm³/mol. The Balaban J connectivity index is 1.70. The zero-order chi connectivity index (χ0) is 14.1. The second-order valence-electron chi connectivity index (χ2n) is 5.10. The molecule has 2 aromatic rings. The number of hydrogen-bond donors (Lipinski definition) is 2. The normalized spacial score (nSPS) is 15.2. The van der Waals surface area contributed by atoms with E-state index in [1.54, 1.807) is 13.3 Å². The van der Waals surface area contributed by atoms with Gasteiger partial charge in [0, 0.05) is 44.4 Å². The first-order valence-electron chi connectivity index (χ1n) is 6.68. The molecule has 0 unspecified atom stereocenters. The van der Waals surface area contributed by atoms with E-state index in [9.17, 15) is 9.59 Å². The largest absolute Gasteiger partial charge is 0.347 e. The molecule has 0 amide bonds. The first-order valence-corrected chi connectivity index (χ1v) is 6.68. The third kappa shape index (κ3) is 2.44. The van der Waals surface area contributed by atoms with E-state index in [2.05, 4.69) is 19.9 Å². The summed E-state index contributed by atoms with van der Waals surface area (Å²) in [4.78, 5) is 35.8. The number of fused-ring (bicyclic) bond motifs is 1. The molecule has 0 atom stereocenters. The Kier molecular flexibility index (Phi) is 3.27. The highest BCUT2D eigenvalue weighted by atomic mass is 16.2. The van der Waals surface area contributed by atoms with Crippen molar-refractivity contribution in [1.29, 1.82) is 0 Å². The maximum Gasteiger partial charge on any atom is 0.328 e. The van der Waals surface area contributed by atoms with Gasteiger partial charge in [-0.2, -0.15) is 0 Å². The van der Waals surface area contributed by atoms with Crippen LogP contribution in [0.15, 0.2) is 22.0 Å². The van der Waals surface area contributed by atoms with Crippen LogP contribution in [0.5, 0.6) is 0 Å². The van der Waals surface area contributed by atoms with Crippen LogP contribution in [-0.4, -0.2) is 37.5 Å². The van der Waals surface area contributed by atoms with E-state index < -0.39 is 0 Å². The lowest BCUT2D eigenvalue weighted by Crippen LogP contribution is -2.40. The standard InChI is InChI=1S/C13H17N5O2/c1-9-6-12(19)18(13(20)16-9)5-4-17-3-2-10-11(7-17)15-8-14-10/h6,8H,2-5,7H2,1H3,(H,14,15)(H,16,20). The molecule has 2 aromatic heterocycles. The molecule has 0 spiro atoms. The fraction of sp³-hybridized carbons (Fsp3) is 0.462. The molecule has 0 bridgehead atoms. The molecule has 106 valence electrons. The minimum absolute atomic E-state index is 0.245. The van der Waals surface area contributed by atoms with Crippen molar-refractivity contribution in [2.45, 2.75) is 26.4 Å². The Morgan fingerprint density at radius 1 is 1.35 bits per heavy atom. The number of nitrogens with one attached hydrogen (secondary N) is 2. The van der Waals surface area contributed by atoms with Crippen LogP contribution in [0.3, 0.4) is 0 Å². The molecule has 7 heteroatoms. The Morgan fingerprint density at radius 2 is 2.20 bits per heavy atom. The SMILES string of the molecule is Cc1cc(=O)n(CCN2CCc3nc[nH]c3C2)c(=O)[nH]1. The van der Waals surface area contributed by atoms with Crippen molar-refractivity contribution < 1.29 is 0 Å². The fourth-order valence-electron chi connectivity index (χ4n) is 2.55. The molecule has 1 aliphatic heterocycles. The highest BCUT2D eigenvalue weighted by Gasteiger charge is 2.18. The summed E-state index contributed by atoms with van der Waals surface area (Å²) in [5, 5.41) is 0. The van der Waals surface area contributed by atoms with Crippen LogP contribution in [0.2, 0.25) is 0 Å². The summed E-state index contributed by atoms with van der Waals surface area (Å²) < 4.78 is 1.25. The predicted octanol–water partition coefficient (Wildman–Crippen LogP) is -0.374. The van der Waals surface area contributed by atoms with Crippen molar-refractivity contribution in [2.24, 2.45) is 0 Å². The highest BCUT2D eigenvalue weighted by molar-refractivity contribution is 5.14. The number of aromatic nitrogens is 4. The number of aromatic amines is 2. The van der Waals surface area contributed by atoms with E-state index >= 15 is 0 Å². The monoisotopic (exact) mass is 275 g/mol. The zero-order valence-electron chi connectivity index (χ0n) is 11.3. The van der Waals surface area contributed by atoms with Crippen LogP contribution in [0.25, 0.3) is 0 Å². The maximum absolute atomic E-state index is 11.8. The van der Waals surface area contributed by atoms with E-state index in [1.165, 1.54) is 10.6 Å². The van der Waals surface area contributed by atoms with Gasteiger partial charge in [-0.25, -0.2) is 9.78 Å². The third-order valence-corrected chi connectivity index (χ3v) is 3.65. The average molecular weight is 275 g/mol. The summed E-state index contributed by atoms with van der Waals surface area (Å²) >= 11 is 0. The Bertz CT molecular complexity index is 696. The lowest BCUT2D eigenvalue weighted by atomic mass is 10.1. The van der Waals surface area contributed by atoms with Crippen molar-refractivity contribution >= 4 is 0 Å². The second-order valence-corrected chi connectivity index (χ2v) is 5.10. The molecule has 0 fully saturated rings. The number of rotatable bonds is 3. The van der Waals surface area contributed by atoms with Crippen molar-refractivity contribution in [2.75, 3.05) is 13.1 Å². The fourth-order valence-corrected chi connectivity index (χ4v) is 2.55. The minimum Gasteiger partial charge on any atom is -0.347 e. The quantitative estimate of drug-likeness (QED) is 0.800. The molecule has 20 heavy (non-hydrogen) atoms. The molecule has 0 saturated carbocycles. The lowest BCUT2D eigenvalue weighted by molar-refractivity contribution is 0.237. The Labute approximate surface area is 115 Å². The number of aryl methyl sites for hydroxylation is 1. The molecular weight excluding hydrogens is 258 g/mol. The zero-order valence-corrected chi connectivity index (χ0v) is 11.3. The van der Waals surface area contributed by atoms with Gasteiger partial charge in [0.1, 0.15) is 0 Å². The van der Waals surface area contributed by atoms with E-state index in [1.807, 2.05) is 0 Å². The second kappa shape index (κ2) is 5.09. The minimum atomic E-state index is -0.339. The van der Waals surface area contributed by atoms with Gasteiger partial charge >= 0.3 is 5.69 Å². The summed E-state index contributed by atoms with van der Waals surface area (Å²) in [6.45, 7) is 4.46. The third-order valence-electron chi connectivity index (χ3n) is 3.65. The maximum atomic E-state index is 11.8. The number of H-pyrrole nitrogens is 2. The number of nitrogens with zero attached hydrogens (tertiary/aromatic N) is 3. The van der Waals surface area contributed by atoms with Crippen LogP contribution in [0.4, 0.5) is 0 Å². The van der Waals surface area contributed by atoms with Gasteiger partial charge in [0.05, 0.1) is 17.7 Å². The van der Waals surface area contributed by atoms with Crippen molar-refractivity contribution in [3.05, 3.63) is 50.3 Å². The van der Waals surface area contributed by atoms with E-state index in [4.69, 9.17) is 0 Å². The first-order chi connectivity index (χ1) is 9.63. The molecule has 7 nitrogen and oxygen atoms in total. The topological polar surface area (TPSA) is 86.8 Å². The molecule has 3 heterocycles. The summed E-state index contributed by atoms with van der Waals surface area (Å²) in [6, 6.07) is 1.45. The van der Waals surface area contributed by atoms with Gasteiger partial charge in [0.2, 0.25) is 0 Å². The van der Waals surface area contributed by atoms with Crippen molar-refractivity contribution in [3.63, 3.8) is 0 Å². The number of hydrogen-bond acceptors (Lipinski definition) is 4. The van der Waals surface area contributed by atoms with Gasteiger partial charge in [0.15, 0.2) is 0 Å². The molecule has 2 N–H and O–H groups in total.